The maximum atomic E-state index is 10.4. The van der Waals surface area contributed by atoms with Crippen LogP contribution in [-0.4, -0.2) is 25.0 Å². The van der Waals surface area contributed by atoms with Gasteiger partial charge in [-0.3, -0.25) is 0 Å². The average Bonchev–Trinajstić information content (AvgIpc) is 2.25. The molecule has 0 fully saturated rings. The van der Waals surface area contributed by atoms with Crippen LogP contribution in [-0.2, 0) is 9.53 Å². The van der Waals surface area contributed by atoms with Gasteiger partial charge < -0.3 is 14.6 Å². The van der Waals surface area contributed by atoms with Gasteiger partial charge in [-0.25, -0.2) is 4.79 Å². The maximum absolute atomic E-state index is 10.4. The molecule has 86 valence electrons. The van der Waals surface area contributed by atoms with E-state index in [2.05, 4.69) is 0 Å². The highest BCUT2D eigenvalue weighted by Gasteiger charge is 2.02. The molecule has 0 radical (unpaired) electrons. The van der Waals surface area contributed by atoms with Crippen LogP contribution >= 0.6 is 11.6 Å². The first-order chi connectivity index (χ1) is 7.63. The van der Waals surface area contributed by atoms with Gasteiger partial charge in [0.1, 0.15) is 5.75 Å². The van der Waals surface area contributed by atoms with Crippen LogP contribution in [0.4, 0.5) is 0 Å². The van der Waals surface area contributed by atoms with Crippen LogP contribution in [0.15, 0.2) is 24.3 Å². The molecule has 0 unspecified atom stereocenters. The van der Waals surface area contributed by atoms with Gasteiger partial charge in [0.15, 0.2) is 6.79 Å². The van der Waals surface area contributed by atoms with Crippen LogP contribution in [0.2, 0.25) is 5.02 Å². The van der Waals surface area contributed by atoms with Gasteiger partial charge in [0, 0.05) is 23.8 Å². The van der Waals surface area contributed by atoms with Crippen molar-refractivity contribution in [2.75, 3.05) is 13.9 Å². The molecule has 0 aliphatic rings. The molecule has 1 rings (SSSR count). The van der Waals surface area contributed by atoms with Crippen molar-refractivity contribution in [2.45, 2.75) is 0 Å². The summed E-state index contributed by atoms with van der Waals surface area (Å²) in [5.41, 5.74) is 0.590. The third kappa shape index (κ3) is 3.92. The van der Waals surface area contributed by atoms with Crippen molar-refractivity contribution in [1.82, 2.24) is 0 Å². The van der Waals surface area contributed by atoms with Crippen LogP contribution in [0.3, 0.4) is 0 Å². The van der Waals surface area contributed by atoms with Crippen LogP contribution in [0.5, 0.6) is 5.75 Å². The fourth-order valence-corrected chi connectivity index (χ4v) is 1.25. The molecule has 5 heteroatoms. The van der Waals surface area contributed by atoms with Crippen molar-refractivity contribution in [2.24, 2.45) is 0 Å². The fraction of sp³-hybridized carbons (Fsp3) is 0.182. The predicted molar refractivity (Wildman–Crippen MR) is 60.6 cm³/mol. The maximum Gasteiger partial charge on any atom is 0.328 e. The van der Waals surface area contributed by atoms with E-state index >= 15 is 0 Å². The quantitative estimate of drug-likeness (QED) is 0.636. The SMILES string of the molecule is COCOc1ccc(Cl)cc1C=CC(=O)O. The van der Waals surface area contributed by atoms with Gasteiger partial charge in [-0.05, 0) is 24.3 Å². The molecule has 0 aliphatic heterocycles. The summed E-state index contributed by atoms with van der Waals surface area (Å²) in [6.07, 6.45) is 2.44. The van der Waals surface area contributed by atoms with Crippen LogP contribution in [0.1, 0.15) is 5.56 Å². The minimum absolute atomic E-state index is 0.0928. The second-order valence-corrected chi connectivity index (χ2v) is 3.34. The Morgan fingerprint density at radius 3 is 2.94 bits per heavy atom. The van der Waals surface area contributed by atoms with E-state index in [0.717, 1.165) is 6.08 Å². The zero-order chi connectivity index (χ0) is 12.0. The first kappa shape index (κ1) is 12.5. The lowest BCUT2D eigenvalue weighted by atomic mass is 10.2. The predicted octanol–water partition coefficient (Wildman–Crippen LogP) is 2.42. The van der Waals surface area contributed by atoms with E-state index in [1.165, 1.54) is 13.2 Å². The number of halogens is 1. The van der Waals surface area contributed by atoms with E-state index in [1.54, 1.807) is 18.2 Å². The molecule has 1 aromatic rings. The van der Waals surface area contributed by atoms with Gasteiger partial charge in [-0.1, -0.05) is 11.6 Å². The van der Waals surface area contributed by atoms with Crippen LogP contribution < -0.4 is 4.74 Å². The molecule has 0 amide bonds. The second-order valence-electron chi connectivity index (χ2n) is 2.90. The van der Waals surface area contributed by atoms with Gasteiger partial charge >= 0.3 is 5.97 Å². The Morgan fingerprint density at radius 2 is 2.31 bits per heavy atom. The van der Waals surface area contributed by atoms with E-state index in [0.29, 0.717) is 16.3 Å². The van der Waals surface area contributed by atoms with Crippen molar-refractivity contribution in [3.8, 4) is 5.75 Å². The van der Waals surface area contributed by atoms with Gasteiger partial charge in [-0.15, -0.1) is 0 Å². The third-order valence-electron chi connectivity index (χ3n) is 1.71. The zero-order valence-corrected chi connectivity index (χ0v) is 9.40. The number of methoxy groups -OCH3 is 1. The number of carboxylic acids is 1. The molecular formula is C11H11ClO4. The van der Waals surface area contributed by atoms with Gasteiger partial charge in [0.2, 0.25) is 0 Å². The summed E-state index contributed by atoms with van der Waals surface area (Å²) in [5, 5.41) is 9.03. The molecule has 0 spiro atoms. The lowest BCUT2D eigenvalue weighted by molar-refractivity contribution is -0.131. The van der Waals surface area contributed by atoms with Crippen LogP contribution in [0.25, 0.3) is 6.08 Å². The van der Waals surface area contributed by atoms with Crippen LogP contribution in [0, 0.1) is 0 Å². The molecule has 0 heterocycles. The number of rotatable bonds is 5. The molecule has 0 aromatic heterocycles. The molecule has 0 saturated carbocycles. The van der Waals surface area contributed by atoms with Crippen molar-refractivity contribution >= 4 is 23.6 Å². The largest absolute Gasteiger partial charge is 0.478 e. The number of carbonyl (C=O) groups is 1. The molecule has 1 aromatic carbocycles. The summed E-state index contributed by atoms with van der Waals surface area (Å²) in [7, 11) is 1.50. The molecular weight excluding hydrogens is 232 g/mol. The molecule has 16 heavy (non-hydrogen) atoms. The Balaban J connectivity index is 2.93. The summed E-state index contributed by atoms with van der Waals surface area (Å²) >= 11 is 5.80. The Labute approximate surface area is 98.1 Å². The van der Waals surface area contributed by atoms with Crippen molar-refractivity contribution in [3.63, 3.8) is 0 Å². The van der Waals surface area contributed by atoms with Crippen molar-refractivity contribution < 1.29 is 19.4 Å². The molecule has 0 bridgehead atoms. The standard InChI is InChI=1S/C11H11ClO4/c1-15-7-16-10-4-3-9(12)6-8(10)2-5-11(13)14/h2-6H,7H2,1H3,(H,13,14). The monoisotopic (exact) mass is 242 g/mol. The fourth-order valence-electron chi connectivity index (χ4n) is 1.06. The number of hydrogen-bond acceptors (Lipinski definition) is 3. The highest BCUT2D eigenvalue weighted by molar-refractivity contribution is 6.30. The summed E-state index contributed by atoms with van der Waals surface area (Å²) in [4.78, 5) is 10.4. The van der Waals surface area contributed by atoms with E-state index in [4.69, 9.17) is 26.2 Å². The number of benzene rings is 1. The number of ether oxygens (including phenoxy) is 2. The Kier molecular flexibility index (Phi) is 4.82. The second kappa shape index (κ2) is 6.15. The van der Waals surface area contributed by atoms with Gasteiger partial charge in [0.05, 0.1) is 0 Å². The summed E-state index contributed by atoms with van der Waals surface area (Å²) in [5.74, 6) is -0.513. The highest BCUT2D eigenvalue weighted by atomic mass is 35.5. The van der Waals surface area contributed by atoms with E-state index < -0.39 is 5.97 Å². The molecule has 4 nitrogen and oxygen atoms in total. The zero-order valence-electron chi connectivity index (χ0n) is 8.64. The normalized spacial score (nSPS) is 10.6. The Morgan fingerprint density at radius 1 is 1.56 bits per heavy atom. The third-order valence-corrected chi connectivity index (χ3v) is 1.94. The lowest BCUT2D eigenvalue weighted by Crippen LogP contribution is -2.00. The first-order valence-electron chi connectivity index (χ1n) is 4.46. The summed E-state index contributed by atoms with van der Waals surface area (Å²) < 4.78 is 10.0. The topological polar surface area (TPSA) is 55.8 Å². The van der Waals surface area contributed by atoms with E-state index in [1.807, 2.05) is 0 Å². The minimum atomic E-state index is -1.03. The number of aliphatic carboxylic acids is 1. The van der Waals surface area contributed by atoms with Crippen molar-refractivity contribution in [3.05, 3.63) is 34.9 Å². The Bertz CT molecular complexity index is 401. The molecule has 1 N–H and O–H groups in total. The van der Waals surface area contributed by atoms with Gasteiger partial charge in [0.25, 0.3) is 0 Å². The highest BCUT2D eigenvalue weighted by Crippen LogP contribution is 2.24. The lowest BCUT2D eigenvalue weighted by Gasteiger charge is -2.08. The molecule has 0 atom stereocenters. The Hall–Kier alpha value is -1.52. The van der Waals surface area contributed by atoms with Gasteiger partial charge in [-0.2, -0.15) is 0 Å². The smallest absolute Gasteiger partial charge is 0.328 e. The van der Waals surface area contributed by atoms with Crippen molar-refractivity contribution in [1.29, 1.82) is 0 Å². The molecule has 0 aliphatic carbocycles. The molecule has 0 saturated heterocycles. The summed E-state index contributed by atoms with van der Waals surface area (Å²) in [6, 6.07) is 4.93. The summed E-state index contributed by atoms with van der Waals surface area (Å²) in [6.45, 7) is 0.0928. The number of carboxylic acid groups (broad SMARTS) is 1. The van der Waals surface area contributed by atoms with E-state index in [-0.39, 0.29) is 6.79 Å². The average molecular weight is 243 g/mol. The first-order valence-corrected chi connectivity index (χ1v) is 4.83. The number of hydrogen-bond donors (Lipinski definition) is 1. The van der Waals surface area contributed by atoms with E-state index in [9.17, 15) is 4.79 Å². The minimum Gasteiger partial charge on any atom is -0.478 e.